The zero-order valence-electron chi connectivity index (χ0n) is 20.9. The number of piperazine rings is 1. The number of hydrogen-bond donors (Lipinski definition) is 0. The molecule has 0 radical (unpaired) electrons. The summed E-state index contributed by atoms with van der Waals surface area (Å²) in [5, 5.41) is 0. The van der Waals surface area contributed by atoms with E-state index in [0.717, 1.165) is 37.4 Å². The summed E-state index contributed by atoms with van der Waals surface area (Å²) < 4.78 is 11.4. The minimum absolute atomic E-state index is 0.145. The van der Waals surface area contributed by atoms with E-state index >= 15 is 0 Å². The third kappa shape index (κ3) is 4.10. The van der Waals surface area contributed by atoms with Crippen LogP contribution in [0.25, 0.3) is 0 Å². The summed E-state index contributed by atoms with van der Waals surface area (Å²) in [6.07, 6.45) is 0.882. The number of ether oxygens (including phenoxy) is 2. The van der Waals surface area contributed by atoms with Gasteiger partial charge in [0.25, 0.3) is 0 Å². The zero-order valence-corrected chi connectivity index (χ0v) is 20.9. The Kier molecular flexibility index (Phi) is 6.90. The predicted molar refractivity (Wildman–Crippen MR) is 139 cm³/mol. The van der Waals surface area contributed by atoms with E-state index in [4.69, 9.17) is 9.47 Å². The molecule has 0 saturated carbocycles. The lowest BCUT2D eigenvalue weighted by Gasteiger charge is -2.44. The number of nitrogens with zero attached hydrogens (tertiary/aromatic N) is 2. The fourth-order valence-corrected chi connectivity index (χ4v) is 5.45. The van der Waals surface area contributed by atoms with E-state index in [9.17, 15) is 9.59 Å². The first-order chi connectivity index (χ1) is 17.6. The molecule has 0 spiro atoms. The average molecular weight is 485 g/mol. The molecule has 0 atom stereocenters. The van der Waals surface area contributed by atoms with Gasteiger partial charge < -0.3 is 9.47 Å². The highest BCUT2D eigenvalue weighted by Gasteiger charge is 2.58. The maximum atomic E-state index is 14.1. The quantitative estimate of drug-likeness (QED) is 0.437. The molecule has 6 heteroatoms. The second-order valence-corrected chi connectivity index (χ2v) is 9.37. The average Bonchev–Trinajstić information content (AvgIpc) is 3.15. The van der Waals surface area contributed by atoms with Gasteiger partial charge in [0.05, 0.1) is 13.7 Å². The van der Waals surface area contributed by atoms with E-state index in [0.29, 0.717) is 42.1 Å². The second-order valence-electron chi connectivity index (χ2n) is 9.37. The Hall–Kier alpha value is -3.48. The van der Waals surface area contributed by atoms with Crippen LogP contribution in [0.5, 0.6) is 11.5 Å². The first kappa shape index (κ1) is 24.2. The van der Waals surface area contributed by atoms with E-state index in [1.807, 2.05) is 54.6 Å². The van der Waals surface area contributed by atoms with Gasteiger partial charge in [-0.2, -0.15) is 0 Å². The molecule has 0 N–H and O–H groups in total. The molecule has 1 fully saturated rings. The number of fused-ring (bicyclic) bond motifs is 1. The van der Waals surface area contributed by atoms with E-state index in [1.54, 1.807) is 19.2 Å². The van der Waals surface area contributed by atoms with Gasteiger partial charge in [-0.3, -0.25) is 19.4 Å². The molecule has 3 aromatic carbocycles. The summed E-state index contributed by atoms with van der Waals surface area (Å²) in [4.78, 5) is 32.6. The van der Waals surface area contributed by atoms with Crippen molar-refractivity contribution < 1.29 is 19.1 Å². The molecule has 5 rings (SSSR count). The van der Waals surface area contributed by atoms with Crippen LogP contribution in [0.15, 0.2) is 72.8 Å². The molecular weight excluding hydrogens is 452 g/mol. The Labute approximate surface area is 212 Å². The van der Waals surface area contributed by atoms with Gasteiger partial charge in [0.2, 0.25) is 0 Å². The highest BCUT2D eigenvalue weighted by Crippen LogP contribution is 2.43. The maximum Gasteiger partial charge on any atom is 0.196 e. The molecule has 36 heavy (non-hydrogen) atoms. The molecule has 1 aliphatic carbocycles. The van der Waals surface area contributed by atoms with Crippen molar-refractivity contribution >= 4 is 11.6 Å². The van der Waals surface area contributed by atoms with Crippen LogP contribution in [0, 0.1) is 0 Å². The highest BCUT2D eigenvalue weighted by molar-refractivity contribution is 6.32. The Morgan fingerprint density at radius 2 is 1.50 bits per heavy atom. The Balaban J connectivity index is 1.47. The zero-order chi connectivity index (χ0) is 25.1. The standard InChI is InChI=1S/C30H32N2O4/c1-3-19-36-24-11-8-10-23(20-24)30(28(33)25-12-5-6-13-26(25)29(30)34)32-17-15-31(16-18-32)21-22-9-4-7-14-27(22)35-2/h4-14,20H,3,15-19,21H2,1-2H3. The largest absolute Gasteiger partial charge is 0.496 e. The molecule has 0 amide bonds. The third-order valence-electron chi connectivity index (χ3n) is 7.23. The van der Waals surface area contributed by atoms with E-state index in [1.165, 1.54) is 0 Å². The lowest BCUT2D eigenvalue weighted by molar-refractivity contribution is 0.0278. The van der Waals surface area contributed by atoms with E-state index < -0.39 is 5.54 Å². The summed E-state index contributed by atoms with van der Waals surface area (Å²) in [5.74, 6) is 1.26. The third-order valence-corrected chi connectivity index (χ3v) is 7.23. The van der Waals surface area contributed by atoms with Crippen molar-refractivity contribution in [2.24, 2.45) is 0 Å². The van der Waals surface area contributed by atoms with Gasteiger partial charge in [-0.15, -0.1) is 0 Å². The number of hydrogen-bond acceptors (Lipinski definition) is 6. The number of rotatable bonds is 8. The van der Waals surface area contributed by atoms with Crippen LogP contribution in [-0.4, -0.2) is 61.3 Å². The van der Waals surface area contributed by atoms with Crippen molar-refractivity contribution in [3.05, 3.63) is 95.1 Å². The molecule has 1 saturated heterocycles. The van der Waals surface area contributed by atoms with Gasteiger partial charge in [0.15, 0.2) is 17.1 Å². The first-order valence-corrected chi connectivity index (χ1v) is 12.6. The number of benzene rings is 3. The van der Waals surface area contributed by atoms with Gasteiger partial charge in [0.1, 0.15) is 11.5 Å². The van der Waals surface area contributed by atoms with Crippen molar-refractivity contribution in [2.75, 3.05) is 39.9 Å². The Morgan fingerprint density at radius 1 is 0.833 bits per heavy atom. The van der Waals surface area contributed by atoms with Crippen LogP contribution in [0.2, 0.25) is 0 Å². The summed E-state index contributed by atoms with van der Waals surface area (Å²) in [6, 6.07) is 22.8. The minimum Gasteiger partial charge on any atom is -0.496 e. The minimum atomic E-state index is -1.37. The number of carbonyl (C=O) groups excluding carboxylic acids is 2. The van der Waals surface area contributed by atoms with Gasteiger partial charge in [-0.1, -0.05) is 61.5 Å². The summed E-state index contributed by atoms with van der Waals surface area (Å²) in [5.41, 5.74) is 1.44. The highest BCUT2D eigenvalue weighted by atomic mass is 16.5. The molecule has 1 heterocycles. The number of para-hydroxylation sites is 1. The van der Waals surface area contributed by atoms with Crippen molar-refractivity contribution in [3.8, 4) is 11.5 Å². The number of Topliss-reactive ketones (excluding diaryl/α,β-unsaturated/α-hetero) is 2. The van der Waals surface area contributed by atoms with Gasteiger partial charge in [-0.05, 0) is 30.2 Å². The molecule has 1 aliphatic heterocycles. The van der Waals surface area contributed by atoms with Crippen molar-refractivity contribution in [1.82, 2.24) is 9.80 Å². The molecule has 186 valence electrons. The van der Waals surface area contributed by atoms with Crippen LogP contribution in [0.3, 0.4) is 0 Å². The first-order valence-electron chi connectivity index (χ1n) is 12.6. The van der Waals surface area contributed by atoms with Crippen LogP contribution in [0.4, 0.5) is 0 Å². The number of methoxy groups -OCH3 is 1. The topological polar surface area (TPSA) is 59.1 Å². The molecule has 0 bridgehead atoms. The summed E-state index contributed by atoms with van der Waals surface area (Å²) in [7, 11) is 1.69. The van der Waals surface area contributed by atoms with E-state index in [2.05, 4.69) is 22.8 Å². The molecule has 2 aliphatic rings. The van der Waals surface area contributed by atoms with Crippen LogP contribution < -0.4 is 9.47 Å². The SMILES string of the molecule is CCCOc1cccc(C2(N3CCN(Cc4ccccc4OC)CC3)C(=O)c3ccccc3C2=O)c1. The van der Waals surface area contributed by atoms with Crippen LogP contribution >= 0.6 is 0 Å². The second kappa shape index (κ2) is 10.2. The molecule has 0 unspecified atom stereocenters. The number of ketones is 2. The molecule has 0 aromatic heterocycles. The molecule has 3 aromatic rings. The predicted octanol–water partition coefficient (Wildman–Crippen LogP) is 4.58. The van der Waals surface area contributed by atoms with Crippen LogP contribution in [0.1, 0.15) is 45.2 Å². The van der Waals surface area contributed by atoms with Crippen molar-refractivity contribution in [3.63, 3.8) is 0 Å². The molecular formula is C30H32N2O4. The normalized spacial score (nSPS) is 17.7. The number of carbonyl (C=O) groups is 2. The maximum absolute atomic E-state index is 14.1. The van der Waals surface area contributed by atoms with Crippen LogP contribution in [-0.2, 0) is 12.1 Å². The van der Waals surface area contributed by atoms with E-state index in [-0.39, 0.29) is 11.6 Å². The van der Waals surface area contributed by atoms with Crippen molar-refractivity contribution in [1.29, 1.82) is 0 Å². The smallest absolute Gasteiger partial charge is 0.196 e. The fourth-order valence-electron chi connectivity index (χ4n) is 5.45. The van der Waals surface area contributed by atoms with Gasteiger partial charge in [0, 0.05) is 49.4 Å². The monoisotopic (exact) mass is 484 g/mol. The fraction of sp³-hybridized carbons (Fsp3) is 0.333. The van der Waals surface area contributed by atoms with Gasteiger partial charge >= 0.3 is 0 Å². The summed E-state index contributed by atoms with van der Waals surface area (Å²) >= 11 is 0. The molecule has 6 nitrogen and oxygen atoms in total. The Morgan fingerprint density at radius 3 is 2.17 bits per heavy atom. The Bertz CT molecular complexity index is 1230. The summed E-state index contributed by atoms with van der Waals surface area (Å²) in [6.45, 7) is 6.07. The lowest BCUT2D eigenvalue weighted by atomic mass is 9.82. The van der Waals surface area contributed by atoms with Gasteiger partial charge in [-0.25, -0.2) is 0 Å². The van der Waals surface area contributed by atoms with Crippen molar-refractivity contribution in [2.45, 2.75) is 25.4 Å². The lowest BCUT2D eigenvalue weighted by Crippen LogP contribution is -2.60.